The standard InChI is InChI=1S/C13H19N3O3/c1-9(17)15-10-5-4-6-11(7-10)19-8-13(2,3)12(18)16-14/h4-7H,8,14H2,1-3H3,(H,15,17)(H,16,18). The maximum Gasteiger partial charge on any atom is 0.242 e. The Kier molecular flexibility index (Phi) is 4.88. The third kappa shape index (κ3) is 4.59. The van der Waals surface area contributed by atoms with Crippen LogP contribution in [0, 0.1) is 5.41 Å². The minimum absolute atomic E-state index is 0.153. The number of nitrogens with one attached hydrogen (secondary N) is 2. The summed E-state index contributed by atoms with van der Waals surface area (Å²) in [6.07, 6.45) is 0. The monoisotopic (exact) mass is 265 g/mol. The quantitative estimate of drug-likeness (QED) is 0.421. The molecule has 1 aromatic rings. The Morgan fingerprint density at radius 1 is 1.37 bits per heavy atom. The van der Waals surface area contributed by atoms with Gasteiger partial charge in [-0.3, -0.25) is 15.0 Å². The first kappa shape index (κ1) is 15.0. The number of carbonyl (C=O) groups excluding carboxylic acids is 2. The second-order valence-corrected chi connectivity index (χ2v) is 4.86. The van der Waals surface area contributed by atoms with Crippen molar-refractivity contribution in [3.05, 3.63) is 24.3 Å². The van der Waals surface area contributed by atoms with Crippen LogP contribution in [-0.2, 0) is 9.59 Å². The van der Waals surface area contributed by atoms with E-state index >= 15 is 0 Å². The molecule has 1 rings (SSSR count). The molecule has 0 aliphatic heterocycles. The van der Waals surface area contributed by atoms with Gasteiger partial charge in [-0.05, 0) is 26.0 Å². The molecule has 0 spiro atoms. The molecule has 0 atom stereocenters. The van der Waals surface area contributed by atoms with Crippen LogP contribution >= 0.6 is 0 Å². The SMILES string of the molecule is CC(=O)Nc1cccc(OCC(C)(C)C(=O)NN)c1. The summed E-state index contributed by atoms with van der Waals surface area (Å²) in [4.78, 5) is 22.4. The smallest absolute Gasteiger partial charge is 0.242 e. The van der Waals surface area contributed by atoms with Crippen molar-refractivity contribution in [3.63, 3.8) is 0 Å². The van der Waals surface area contributed by atoms with Crippen molar-refractivity contribution >= 4 is 17.5 Å². The first-order valence-corrected chi connectivity index (χ1v) is 5.86. The highest BCUT2D eigenvalue weighted by molar-refractivity contribution is 5.88. The number of hydrogen-bond donors (Lipinski definition) is 3. The van der Waals surface area contributed by atoms with E-state index < -0.39 is 5.41 Å². The second-order valence-electron chi connectivity index (χ2n) is 4.86. The molecule has 104 valence electrons. The molecule has 2 amide bonds. The summed E-state index contributed by atoms with van der Waals surface area (Å²) in [6, 6.07) is 6.96. The number of hydrogen-bond acceptors (Lipinski definition) is 4. The van der Waals surface area contributed by atoms with Crippen molar-refractivity contribution in [2.75, 3.05) is 11.9 Å². The summed E-state index contributed by atoms with van der Waals surface area (Å²) in [5.41, 5.74) is 2.01. The summed E-state index contributed by atoms with van der Waals surface area (Å²) in [7, 11) is 0. The molecule has 19 heavy (non-hydrogen) atoms. The van der Waals surface area contributed by atoms with Crippen LogP contribution in [0.3, 0.4) is 0 Å². The zero-order chi connectivity index (χ0) is 14.5. The minimum atomic E-state index is -0.737. The fraction of sp³-hybridized carbons (Fsp3) is 0.385. The van der Waals surface area contributed by atoms with Crippen molar-refractivity contribution < 1.29 is 14.3 Å². The van der Waals surface area contributed by atoms with Crippen LogP contribution in [0.5, 0.6) is 5.75 Å². The fourth-order valence-corrected chi connectivity index (χ4v) is 1.39. The van der Waals surface area contributed by atoms with Gasteiger partial charge in [0.05, 0.1) is 5.41 Å². The number of carbonyl (C=O) groups is 2. The predicted octanol–water partition coefficient (Wildman–Crippen LogP) is 1.04. The molecule has 0 radical (unpaired) electrons. The molecule has 0 saturated carbocycles. The minimum Gasteiger partial charge on any atom is -0.492 e. The van der Waals surface area contributed by atoms with Crippen LogP contribution in [0.25, 0.3) is 0 Å². The maximum absolute atomic E-state index is 11.5. The Balaban J connectivity index is 2.67. The Morgan fingerprint density at radius 2 is 2.05 bits per heavy atom. The highest BCUT2D eigenvalue weighted by Crippen LogP contribution is 2.21. The molecule has 0 aromatic heterocycles. The lowest BCUT2D eigenvalue weighted by molar-refractivity contribution is -0.130. The average Bonchev–Trinajstić information content (AvgIpc) is 2.35. The van der Waals surface area contributed by atoms with E-state index in [-0.39, 0.29) is 18.4 Å². The molecule has 6 heteroatoms. The van der Waals surface area contributed by atoms with E-state index in [1.165, 1.54) is 6.92 Å². The van der Waals surface area contributed by atoms with Gasteiger partial charge in [-0.2, -0.15) is 0 Å². The number of ether oxygens (including phenoxy) is 1. The van der Waals surface area contributed by atoms with E-state index in [0.717, 1.165) is 0 Å². The molecule has 0 heterocycles. The molecular formula is C13H19N3O3. The molecule has 0 aliphatic rings. The summed E-state index contributed by atoms with van der Waals surface area (Å²) < 4.78 is 5.55. The molecule has 4 N–H and O–H groups in total. The molecule has 0 unspecified atom stereocenters. The largest absolute Gasteiger partial charge is 0.492 e. The van der Waals surface area contributed by atoms with E-state index in [1.807, 2.05) is 0 Å². The lowest BCUT2D eigenvalue weighted by Crippen LogP contribution is -2.44. The highest BCUT2D eigenvalue weighted by Gasteiger charge is 2.27. The maximum atomic E-state index is 11.5. The highest BCUT2D eigenvalue weighted by atomic mass is 16.5. The van der Waals surface area contributed by atoms with E-state index in [0.29, 0.717) is 11.4 Å². The summed E-state index contributed by atoms with van der Waals surface area (Å²) in [5.74, 6) is 5.22. The number of rotatable bonds is 5. The molecule has 0 aliphatic carbocycles. The van der Waals surface area contributed by atoms with Gasteiger partial charge in [0.25, 0.3) is 0 Å². The normalized spacial score (nSPS) is 10.7. The topological polar surface area (TPSA) is 93.4 Å². The van der Waals surface area contributed by atoms with Gasteiger partial charge in [0.2, 0.25) is 11.8 Å². The first-order valence-electron chi connectivity index (χ1n) is 5.86. The number of amides is 2. The van der Waals surface area contributed by atoms with Gasteiger partial charge < -0.3 is 10.1 Å². The predicted molar refractivity (Wildman–Crippen MR) is 72.4 cm³/mol. The van der Waals surface area contributed by atoms with Crippen LogP contribution < -0.4 is 21.3 Å². The van der Waals surface area contributed by atoms with Crippen LogP contribution in [0.2, 0.25) is 0 Å². The van der Waals surface area contributed by atoms with Gasteiger partial charge in [0, 0.05) is 18.7 Å². The van der Waals surface area contributed by atoms with Crippen molar-refractivity contribution in [1.82, 2.24) is 5.43 Å². The second kappa shape index (κ2) is 6.19. The van der Waals surface area contributed by atoms with E-state index in [4.69, 9.17) is 10.6 Å². The zero-order valence-electron chi connectivity index (χ0n) is 11.3. The number of nitrogens with two attached hydrogens (primary N) is 1. The zero-order valence-corrected chi connectivity index (χ0v) is 11.3. The third-order valence-electron chi connectivity index (χ3n) is 2.50. The van der Waals surface area contributed by atoms with Gasteiger partial charge in [-0.15, -0.1) is 0 Å². The Morgan fingerprint density at radius 3 is 2.63 bits per heavy atom. The summed E-state index contributed by atoms with van der Waals surface area (Å²) in [5, 5.41) is 2.66. The van der Waals surface area contributed by atoms with Crippen LogP contribution in [-0.4, -0.2) is 18.4 Å². The first-order chi connectivity index (χ1) is 8.85. The lowest BCUT2D eigenvalue weighted by atomic mass is 9.94. The summed E-state index contributed by atoms with van der Waals surface area (Å²) >= 11 is 0. The van der Waals surface area contributed by atoms with Crippen LogP contribution in [0.4, 0.5) is 5.69 Å². The molecule has 1 aromatic carbocycles. The molecule has 0 bridgehead atoms. The van der Waals surface area contributed by atoms with Gasteiger partial charge in [0.1, 0.15) is 12.4 Å². The van der Waals surface area contributed by atoms with Crippen LogP contribution in [0.1, 0.15) is 20.8 Å². The molecule has 0 saturated heterocycles. The third-order valence-corrected chi connectivity index (χ3v) is 2.50. The van der Waals surface area contributed by atoms with Gasteiger partial charge in [-0.1, -0.05) is 6.07 Å². The van der Waals surface area contributed by atoms with E-state index in [9.17, 15) is 9.59 Å². The Labute approximate surface area is 112 Å². The molecule has 0 fully saturated rings. The van der Waals surface area contributed by atoms with Gasteiger partial charge in [0.15, 0.2) is 0 Å². The average molecular weight is 265 g/mol. The number of hydrazine groups is 1. The lowest BCUT2D eigenvalue weighted by Gasteiger charge is -2.22. The molecular weight excluding hydrogens is 246 g/mol. The van der Waals surface area contributed by atoms with Gasteiger partial charge in [-0.25, -0.2) is 5.84 Å². The Bertz CT molecular complexity index is 472. The van der Waals surface area contributed by atoms with Crippen molar-refractivity contribution in [3.8, 4) is 5.75 Å². The van der Waals surface area contributed by atoms with E-state index in [2.05, 4.69) is 10.7 Å². The number of benzene rings is 1. The van der Waals surface area contributed by atoms with Crippen molar-refractivity contribution in [1.29, 1.82) is 0 Å². The van der Waals surface area contributed by atoms with E-state index in [1.54, 1.807) is 38.1 Å². The van der Waals surface area contributed by atoms with Crippen LogP contribution in [0.15, 0.2) is 24.3 Å². The van der Waals surface area contributed by atoms with Gasteiger partial charge >= 0.3 is 0 Å². The molecule has 6 nitrogen and oxygen atoms in total. The number of anilines is 1. The van der Waals surface area contributed by atoms with Crippen molar-refractivity contribution in [2.24, 2.45) is 11.3 Å². The fourth-order valence-electron chi connectivity index (χ4n) is 1.39. The van der Waals surface area contributed by atoms with Crippen molar-refractivity contribution in [2.45, 2.75) is 20.8 Å². The summed E-state index contributed by atoms with van der Waals surface area (Å²) in [6.45, 7) is 5.07. The Hall–Kier alpha value is -2.08.